The average Bonchev–Trinajstić information content (AvgIpc) is 2.97. The molecule has 0 amide bonds. The van der Waals surface area contributed by atoms with Crippen LogP contribution in [0.2, 0.25) is 0 Å². The second-order valence-electron chi connectivity index (χ2n) is 5.27. The molecule has 0 saturated carbocycles. The van der Waals surface area contributed by atoms with E-state index in [2.05, 4.69) is 20.4 Å². The lowest BCUT2D eigenvalue weighted by atomic mass is 10.1. The summed E-state index contributed by atoms with van der Waals surface area (Å²) in [6.07, 6.45) is 6.69. The van der Waals surface area contributed by atoms with Crippen LogP contribution in [0.4, 0.5) is 0 Å². The van der Waals surface area contributed by atoms with Gasteiger partial charge in [0.25, 0.3) is 0 Å². The Morgan fingerprint density at radius 2 is 2.24 bits per heavy atom. The van der Waals surface area contributed by atoms with Crippen LogP contribution in [0.3, 0.4) is 0 Å². The minimum absolute atomic E-state index is 0.357. The van der Waals surface area contributed by atoms with Gasteiger partial charge in [-0.15, -0.1) is 0 Å². The summed E-state index contributed by atoms with van der Waals surface area (Å²) >= 11 is 0. The molecule has 3 rings (SSSR count). The predicted molar refractivity (Wildman–Crippen MR) is 77.8 cm³/mol. The lowest BCUT2D eigenvalue weighted by Crippen LogP contribution is -2.32. The van der Waals surface area contributed by atoms with Crippen molar-refractivity contribution in [1.82, 2.24) is 20.4 Å². The number of rotatable bonds is 5. The summed E-state index contributed by atoms with van der Waals surface area (Å²) in [5.41, 5.74) is 2.00. The third-order valence-corrected chi connectivity index (χ3v) is 3.68. The minimum Gasteiger partial charge on any atom is -0.378 e. The molecule has 0 aromatic carbocycles. The van der Waals surface area contributed by atoms with Gasteiger partial charge in [-0.2, -0.15) is 4.98 Å². The molecule has 2 aromatic rings. The van der Waals surface area contributed by atoms with Crippen LogP contribution in [0.5, 0.6) is 0 Å². The van der Waals surface area contributed by atoms with Crippen LogP contribution in [0, 0.1) is 6.92 Å². The van der Waals surface area contributed by atoms with Crippen LogP contribution < -0.4 is 5.32 Å². The third-order valence-electron chi connectivity index (χ3n) is 3.68. The van der Waals surface area contributed by atoms with E-state index in [1.807, 2.05) is 13.0 Å². The number of piperidine rings is 1. The number of nitrogens with zero attached hydrogens (tertiary/aromatic N) is 3. The molecule has 1 aliphatic rings. The fraction of sp³-hybridized carbons (Fsp3) is 0.533. The van der Waals surface area contributed by atoms with E-state index in [-0.39, 0.29) is 0 Å². The Hall–Kier alpha value is -1.79. The van der Waals surface area contributed by atoms with Crippen molar-refractivity contribution in [3.63, 3.8) is 0 Å². The van der Waals surface area contributed by atoms with Crippen molar-refractivity contribution in [2.24, 2.45) is 0 Å². The Kier molecular flexibility index (Phi) is 4.57. The van der Waals surface area contributed by atoms with Crippen molar-refractivity contribution in [1.29, 1.82) is 0 Å². The number of hydrogen-bond acceptors (Lipinski definition) is 6. The van der Waals surface area contributed by atoms with Crippen molar-refractivity contribution in [3.8, 4) is 11.4 Å². The maximum Gasteiger partial charge on any atom is 0.229 e. The molecule has 1 saturated heterocycles. The van der Waals surface area contributed by atoms with Gasteiger partial charge < -0.3 is 14.6 Å². The lowest BCUT2D eigenvalue weighted by Gasteiger charge is -2.22. The molecule has 0 aliphatic carbocycles. The predicted octanol–water partition coefficient (Wildman–Crippen LogP) is 1.75. The second-order valence-corrected chi connectivity index (χ2v) is 5.27. The van der Waals surface area contributed by atoms with E-state index in [4.69, 9.17) is 9.26 Å². The number of nitrogens with one attached hydrogen (secondary N) is 1. The van der Waals surface area contributed by atoms with Gasteiger partial charge in [-0.3, -0.25) is 4.98 Å². The largest absolute Gasteiger partial charge is 0.378 e. The molecule has 0 atom stereocenters. The van der Waals surface area contributed by atoms with E-state index >= 15 is 0 Å². The maximum absolute atomic E-state index is 5.85. The van der Waals surface area contributed by atoms with Gasteiger partial charge in [-0.25, -0.2) is 0 Å². The standard InChI is InChI=1S/C15H20N4O2/c1-11-10-17-8-4-13(11)15-18-14(21-19-15)5-9-20-12-2-6-16-7-3-12/h4,8,10,12,16H,2-3,5-7,9H2,1H3. The fourth-order valence-corrected chi connectivity index (χ4v) is 2.47. The van der Waals surface area contributed by atoms with Crippen LogP contribution in [-0.4, -0.2) is 40.9 Å². The summed E-state index contributed by atoms with van der Waals surface area (Å²) in [5.74, 6) is 1.24. The SMILES string of the molecule is Cc1cnccc1-c1noc(CCOC2CCNCC2)n1. The van der Waals surface area contributed by atoms with Crippen LogP contribution in [0.1, 0.15) is 24.3 Å². The smallest absolute Gasteiger partial charge is 0.229 e. The van der Waals surface area contributed by atoms with E-state index in [1.54, 1.807) is 12.4 Å². The zero-order chi connectivity index (χ0) is 14.5. The molecule has 0 unspecified atom stereocenters. The lowest BCUT2D eigenvalue weighted by molar-refractivity contribution is 0.0322. The number of aromatic nitrogens is 3. The monoisotopic (exact) mass is 288 g/mol. The molecule has 1 fully saturated rings. The normalized spacial score (nSPS) is 16.2. The molecule has 21 heavy (non-hydrogen) atoms. The van der Waals surface area contributed by atoms with Crippen LogP contribution in [-0.2, 0) is 11.2 Å². The third kappa shape index (κ3) is 3.65. The molecule has 112 valence electrons. The zero-order valence-electron chi connectivity index (χ0n) is 12.2. The molecule has 6 nitrogen and oxygen atoms in total. The Balaban J connectivity index is 1.54. The van der Waals surface area contributed by atoms with Crippen LogP contribution >= 0.6 is 0 Å². The first-order chi connectivity index (χ1) is 10.3. The molecule has 0 spiro atoms. The zero-order valence-corrected chi connectivity index (χ0v) is 12.2. The van der Waals surface area contributed by atoms with Gasteiger partial charge in [0.2, 0.25) is 11.7 Å². The number of aryl methyl sites for hydroxylation is 1. The number of pyridine rings is 1. The van der Waals surface area contributed by atoms with E-state index < -0.39 is 0 Å². The van der Waals surface area contributed by atoms with Crippen molar-refractivity contribution in [2.45, 2.75) is 32.3 Å². The molecule has 3 heterocycles. The molecule has 0 bridgehead atoms. The van der Waals surface area contributed by atoms with E-state index in [0.29, 0.717) is 30.8 Å². The summed E-state index contributed by atoms with van der Waals surface area (Å²) in [4.78, 5) is 8.49. The highest BCUT2D eigenvalue weighted by Gasteiger charge is 2.14. The van der Waals surface area contributed by atoms with E-state index in [9.17, 15) is 0 Å². The molecule has 2 aromatic heterocycles. The first-order valence-electron chi connectivity index (χ1n) is 7.39. The second kappa shape index (κ2) is 6.78. The first kappa shape index (κ1) is 14.2. The highest BCUT2D eigenvalue weighted by Crippen LogP contribution is 2.19. The summed E-state index contributed by atoms with van der Waals surface area (Å²) in [7, 11) is 0. The summed E-state index contributed by atoms with van der Waals surface area (Å²) in [6.45, 7) is 4.69. The average molecular weight is 288 g/mol. The Morgan fingerprint density at radius 1 is 1.38 bits per heavy atom. The van der Waals surface area contributed by atoms with Crippen LogP contribution in [0.25, 0.3) is 11.4 Å². The van der Waals surface area contributed by atoms with Crippen molar-refractivity contribution >= 4 is 0 Å². The summed E-state index contributed by atoms with van der Waals surface area (Å²) in [6, 6.07) is 1.90. The highest BCUT2D eigenvalue weighted by molar-refractivity contribution is 5.57. The number of hydrogen-bond donors (Lipinski definition) is 1. The summed E-state index contributed by atoms with van der Waals surface area (Å²) < 4.78 is 11.1. The maximum atomic E-state index is 5.85. The minimum atomic E-state index is 0.357. The Morgan fingerprint density at radius 3 is 3.05 bits per heavy atom. The Labute approximate surface area is 123 Å². The van der Waals surface area contributed by atoms with Crippen molar-refractivity contribution < 1.29 is 9.26 Å². The van der Waals surface area contributed by atoms with Crippen LogP contribution in [0.15, 0.2) is 23.0 Å². The molecule has 1 N–H and O–H groups in total. The van der Waals surface area contributed by atoms with Gasteiger partial charge in [-0.1, -0.05) is 5.16 Å². The number of ether oxygens (including phenoxy) is 1. The summed E-state index contributed by atoms with van der Waals surface area (Å²) in [5, 5.41) is 7.36. The van der Waals surface area contributed by atoms with E-state index in [0.717, 1.165) is 37.1 Å². The molecular weight excluding hydrogens is 268 g/mol. The molecule has 0 radical (unpaired) electrons. The molecule has 1 aliphatic heterocycles. The van der Waals surface area contributed by atoms with Gasteiger partial charge in [0.1, 0.15) is 0 Å². The molecular formula is C15H20N4O2. The first-order valence-corrected chi connectivity index (χ1v) is 7.39. The highest BCUT2D eigenvalue weighted by atomic mass is 16.5. The molecule has 6 heteroatoms. The van der Waals surface area contributed by atoms with Gasteiger partial charge in [0.05, 0.1) is 19.1 Å². The van der Waals surface area contributed by atoms with E-state index in [1.165, 1.54) is 0 Å². The van der Waals surface area contributed by atoms with Gasteiger partial charge in [0, 0.05) is 18.0 Å². The van der Waals surface area contributed by atoms with Crippen molar-refractivity contribution in [3.05, 3.63) is 29.9 Å². The van der Waals surface area contributed by atoms with Gasteiger partial charge in [-0.05, 0) is 44.5 Å². The Bertz CT molecular complexity index is 579. The van der Waals surface area contributed by atoms with Crippen molar-refractivity contribution in [2.75, 3.05) is 19.7 Å². The van der Waals surface area contributed by atoms with Gasteiger partial charge in [0.15, 0.2) is 0 Å². The fourth-order valence-electron chi connectivity index (χ4n) is 2.47. The van der Waals surface area contributed by atoms with Gasteiger partial charge >= 0.3 is 0 Å². The quantitative estimate of drug-likeness (QED) is 0.903. The topological polar surface area (TPSA) is 73.1 Å².